The van der Waals surface area contributed by atoms with Crippen LogP contribution >= 0.6 is 0 Å². The molecule has 34 heavy (non-hydrogen) atoms. The Bertz CT molecular complexity index is 830. The normalized spacial score (nSPS) is 13.0. The Morgan fingerprint density at radius 2 is 1.59 bits per heavy atom. The summed E-state index contributed by atoms with van der Waals surface area (Å²) in [4.78, 5) is 59.8. The van der Waals surface area contributed by atoms with Gasteiger partial charge in [-0.15, -0.1) is 0 Å². The molecule has 0 saturated heterocycles. The zero-order valence-corrected chi connectivity index (χ0v) is 19.0. The van der Waals surface area contributed by atoms with E-state index in [9.17, 15) is 34.2 Å². The van der Waals surface area contributed by atoms with E-state index in [1.807, 2.05) is 6.07 Å². The Morgan fingerprint density at radius 1 is 0.941 bits per heavy atom. The molecule has 0 unspecified atom stereocenters. The highest BCUT2D eigenvalue weighted by atomic mass is 16.6. The first kappa shape index (κ1) is 28.4. The molecular weight excluding hydrogens is 452 g/mol. The smallest absolute Gasteiger partial charge is 0.407 e. The quantitative estimate of drug-likeness (QED) is 0.214. The average Bonchev–Trinajstić information content (AvgIpc) is 2.79. The molecule has 0 saturated carbocycles. The van der Waals surface area contributed by atoms with E-state index in [-0.39, 0.29) is 26.4 Å². The standard InChI is InChI=1S/C22H30N2O10/c1-3-32-18(27)11-16(21(30)33-4-2)19(20(28)29)24-17(26)10-15(25)12-23-22(31)34-13-14-8-6-5-7-9-14/h5-9,15-16,19,25H,3-4,10-13H2,1-2H3,(H,23,31)(H,24,26)(H,28,29)/t15-,16+,19-/m1/s1. The van der Waals surface area contributed by atoms with E-state index in [0.29, 0.717) is 0 Å². The third-order valence-corrected chi connectivity index (χ3v) is 4.38. The van der Waals surface area contributed by atoms with Crippen molar-refractivity contribution in [3.8, 4) is 0 Å². The van der Waals surface area contributed by atoms with E-state index in [4.69, 9.17) is 14.2 Å². The second-order valence-corrected chi connectivity index (χ2v) is 7.05. The lowest BCUT2D eigenvalue weighted by Crippen LogP contribution is -2.50. The highest BCUT2D eigenvalue weighted by Crippen LogP contribution is 2.14. The Kier molecular flexibility index (Phi) is 12.7. The summed E-state index contributed by atoms with van der Waals surface area (Å²) in [6.45, 7) is 2.67. The Balaban J connectivity index is 2.62. The Hall–Kier alpha value is -3.67. The maximum absolute atomic E-state index is 12.3. The number of aliphatic hydroxyl groups excluding tert-OH is 1. The summed E-state index contributed by atoms with van der Waals surface area (Å²) in [6, 6.07) is 7.09. The number of esters is 2. The zero-order valence-electron chi connectivity index (χ0n) is 19.0. The highest BCUT2D eigenvalue weighted by Gasteiger charge is 2.38. The van der Waals surface area contributed by atoms with E-state index < -0.39 is 60.8 Å². The van der Waals surface area contributed by atoms with E-state index in [1.54, 1.807) is 31.2 Å². The third-order valence-electron chi connectivity index (χ3n) is 4.38. The number of benzene rings is 1. The van der Waals surface area contributed by atoms with Crippen molar-refractivity contribution in [2.45, 2.75) is 45.4 Å². The van der Waals surface area contributed by atoms with E-state index in [2.05, 4.69) is 10.6 Å². The van der Waals surface area contributed by atoms with Gasteiger partial charge >= 0.3 is 24.0 Å². The van der Waals surface area contributed by atoms with Crippen LogP contribution in [0.25, 0.3) is 0 Å². The van der Waals surface area contributed by atoms with Gasteiger partial charge in [0.2, 0.25) is 5.91 Å². The molecule has 0 aliphatic rings. The SMILES string of the molecule is CCOC(=O)C[C@H](C(=O)OCC)[C@@H](NC(=O)C[C@@H](O)CNC(=O)OCc1ccccc1)C(=O)O. The molecule has 0 bridgehead atoms. The number of aliphatic hydroxyl groups is 1. The molecule has 0 aliphatic heterocycles. The van der Waals surface area contributed by atoms with Gasteiger partial charge in [-0.1, -0.05) is 30.3 Å². The first-order valence-corrected chi connectivity index (χ1v) is 10.6. The van der Waals surface area contributed by atoms with Crippen molar-refractivity contribution in [3.63, 3.8) is 0 Å². The number of hydrogen-bond donors (Lipinski definition) is 4. The molecule has 2 amide bonds. The van der Waals surface area contributed by atoms with Crippen LogP contribution in [0.2, 0.25) is 0 Å². The minimum absolute atomic E-state index is 0.0132. The molecule has 1 aromatic carbocycles. The lowest BCUT2D eigenvalue weighted by molar-refractivity contribution is -0.160. The van der Waals surface area contributed by atoms with Gasteiger partial charge < -0.3 is 35.1 Å². The van der Waals surface area contributed by atoms with Gasteiger partial charge in [0.25, 0.3) is 0 Å². The monoisotopic (exact) mass is 482 g/mol. The van der Waals surface area contributed by atoms with Crippen LogP contribution in [0.1, 0.15) is 32.3 Å². The lowest BCUT2D eigenvalue weighted by atomic mass is 9.95. The molecule has 0 radical (unpaired) electrons. The summed E-state index contributed by atoms with van der Waals surface area (Å²) < 4.78 is 14.6. The van der Waals surface area contributed by atoms with E-state index in [0.717, 1.165) is 5.56 Å². The number of aliphatic carboxylic acids is 1. The zero-order chi connectivity index (χ0) is 25.5. The fraction of sp³-hybridized carbons (Fsp3) is 0.500. The molecule has 1 aromatic rings. The summed E-state index contributed by atoms with van der Waals surface area (Å²) in [5.41, 5.74) is 0.760. The van der Waals surface area contributed by atoms with Crippen molar-refractivity contribution in [2.24, 2.45) is 5.92 Å². The van der Waals surface area contributed by atoms with E-state index in [1.165, 1.54) is 6.92 Å². The second kappa shape index (κ2) is 15.2. The first-order valence-electron chi connectivity index (χ1n) is 10.6. The number of alkyl carbamates (subject to hydrolysis) is 1. The summed E-state index contributed by atoms with van der Waals surface area (Å²) in [6.07, 6.45) is -3.40. The number of amides is 2. The Morgan fingerprint density at radius 3 is 2.18 bits per heavy atom. The molecule has 0 aliphatic carbocycles. The third kappa shape index (κ3) is 10.8. The topological polar surface area (TPSA) is 178 Å². The van der Waals surface area contributed by atoms with Gasteiger partial charge in [0, 0.05) is 6.54 Å². The van der Waals surface area contributed by atoms with Crippen molar-refractivity contribution >= 4 is 29.9 Å². The van der Waals surface area contributed by atoms with Gasteiger partial charge in [0.1, 0.15) is 12.6 Å². The van der Waals surface area contributed by atoms with Gasteiger partial charge in [-0.05, 0) is 19.4 Å². The van der Waals surface area contributed by atoms with Crippen LogP contribution in [0, 0.1) is 5.92 Å². The van der Waals surface area contributed by atoms with Gasteiger partial charge in [-0.3, -0.25) is 14.4 Å². The largest absolute Gasteiger partial charge is 0.480 e. The predicted octanol–water partition coefficient (Wildman–Crippen LogP) is 0.366. The molecule has 12 heteroatoms. The molecule has 0 spiro atoms. The first-order chi connectivity index (χ1) is 16.2. The number of rotatable bonds is 14. The number of carbonyl (C=O) groups excluding carboxylic acids is 4. The fourth-order valence-electron chi connectivity index (χ4n) is 2.81. The minimum atomic E-state index is -1.80. The maximum atomic E-state index is 12.3. The molecule has 0 fully saturated rings. The van der Waals surface area contributed by atoms with Gasteiger partial charge in [-0.2, -0.15) is 0 Å². The van der Waals surface area contributed by atoms with Crippen molar-refractivity contribution in [2.75, 3.05) is 19.8 Å². The van der Waals surface area contributed by atoms with Crippen LogP contribution in [0.3, 0.4) is 0 Å². The molecule has 3 atom stereocenters. The van der Waals surface area contributed by atoms with Crippen molar-refractivity contribution < 1.29 is 48.4 Å². The summed E-state index contributed by atoms with van der Waals surface area (Å²) >= 11 is 0. The van der Waals surface area contributed by atoms with Crippen LogP contribution < -0.4 is 10.6 Å². The number of ether oxygens (including phenoxy) is 3. The van der Waals surface area contributed by atoms with Crippen LogP contribution in [0.5, 0.6) is 0 Å². The van der Waals surface area contributed by atoms with Crippen LogP contribution in [-0.4, -0.2) is 72.0 Å². The highest BCUT2D eigenvalue weighted by molar-refractivity contribution is 5.90. The molecular formula is C22H30N2O10. The van der Waals surface area contributed by atoms with E-state index >= 15 is 0 Å². The van der Waals surface area contributed by atoms with Crippen LogP contribution in [0.4, 0.5) is 4.79 Å². The molecule has 12 nitrogen and oxygen atoms in total. The number of hydrogen-bond acceptors (Lipinski definition) is 9. The van der Waals surface area contributed by atoms with Crippen molar-refractivity contribution in [1.29, 1.82) is 0 Å². The van der Waals surface area contributed by atoms with Crippen LogP contribution in [-0.2, 0) is 40.0 Å². The lowest BCUT2D eigenvalue weighted by Gasteiger charge is -2.23. The van der Waals surface area contributed by atoms with Gasteiger partial charge in [-0.25, -0.2) is 9.59 Å². The van der Waals surface area contributed by atoms with Gasteiger partial charge in [0.15, 0.2) is 0 Å². The molecule has 0 aromatic heterocycles. The summed E-state index contributed by atoms with van der Waals surface area (Å²) in [7, 11) is 0. The second-order valence-electron chi connectivity index (χ2n) is 7.05. The number of nitrogens with one attached hydrogen (secondary N) is 2. The molecule has 0 heterocycles. The fourth-order valence-corrected chi connectivity index (χ4v) is 2.81. The summed E-state index contributed by atoms with van der Waals surface area (Å²) in [5.74, 6) is -5.86. The summed E-state index contributed by atoms with van der Waals surface area (Å²) in [5, 5.41) is 23.9. The average molecular weight is 482 g/mol. The number of carbonyl (C=O) groups is 5. The predicted molar refractivity (Wildman–Crippen MR) is 116 cm³/mol. The number of carboxylic acids is 1. The van der Waals surface area contributed by atoms with Gasteiger partial charge in [0.05, 0.1) is 38.1 Å². The molecule has 4 N–H and O–H groups in total. The number of carboxylic acid groups (broad SMARTS) is 1. The maximum Gasteiger partial charge on any atom is 0.407 e. The molecule has 188 valence electrons. The van der Waals surface area contributed by atoms with Crippen molar-refractivity contribution in [3.05, 3.63) is 35.9 Å². The van der Waals surface area contributed by atoms with Crippen LogP contribution in [0.15, 0.2) is 30.3 Å². The Labute approximate surface area is 196 Å². The van der Waals surface area contributed by atoms with Crippen molar-refractivity contribution in [1.82, 2.24) is 10.6 Å². The molecule has 1 rings (SSSR count). The minimum Gasteiger partial charge on any atom is -0.480 e.